The molecular weight excluding hydrogens is 806 g/mol. The van der Waals surface area contributed by atoms with Crippen molar-refractivity contribution in [3.05, 3.63) is 108 Å². The molecule has 0 aliphatic rings. The number of aryl methyl sites for hydroxylation is 1. The van der Waals surface area contributed by atoms with Crippen LogP contribution in [-0.2, 0) is 36.8 Å². The van der Waals surface area contributed by atoms with E-state index in [1.807, 2.05) is 12.1 Å². The van der Waals surface area contributed by atoms with Crippen LogP contribution < -0.4 is 60.3 Å². The predicted octanol–water partition coefficient (Wildman–Crippen LogP) is 1.10. The van der Waals surface area contributed by atoms with Gasteiger partial charge in [0.1, 0.15) is 5.69 Å². The summed E-state index contributed by atoms with van der Waals surface area (Å²) in [5.41, 5.74) is 0.200. The molecule has 21 heteroatoms. The smallest absolute Gasteiger partial charge is 0.871 e. The van der Waals surface area contributed by atoms with Crippen molar-refractivity contribution in [3.63, 3.8) is 0 Å². The molecule has 0 bridgehead atoms. The van der Waals surface area contributed by atoms with Gasteiger partial charge in [-0.15, -0.1) is 5.11 Å². The Bertz CT molecular complexity index is 2590. The molecule has 53 heavy (non-hydrogen) atoms. The van der Waals surface area contributed by atoms with Gasteiger partial charge < -0.3 is 20.4 Å². The molecule has 0 saturated heterocycles. The number of benzene rings is 5. The summed E-state index contributed by atoms with van der Waals surface area (Å²) in [4.78, 5) is -0.415. The number of rotatable bonds is 7. The Morgan fingerprint density at radius 2 is 1.23 bits per heavy atom. The van der Waals surface area contributed by atoms with Crippen LogP contribution in [0.15, 0.2) is 127 Å². The van der Waals surface area contributed by atoms with Crippen molar-refractivity contribution in [2.45, 2.75) is 16.7 Å². The van der Waals surface area contributed by atoms with E-state index in [1.54, 1.807) is 18.2 Å². The van der Waals surface area contributed by atoms with Gasteiger partial charge in [0, 0.05) is 33.1 Å². The van der Waals surface area contributed by atoms with Gasteiger partial charge in [0.15, 0.2) is 0 Å². The fourth-order valence-corrected chi connectivity index (χ4v) is 5.70. The largest absolute Gasteiger partial charge is 1.00 e. The maximum Gasteiger partial charge on any atom is 1.00 e. The number of fused-ring (bicyclic) bond motifs is 1. The summed E-state index contributed by atoms with van der Waals surface area (Å²) in [6.07, 6.45) is 0. The molecule has 0 aliphatic carbocycles. The normalized spacial score (nSPS) is 11.5. The molecule has 0 spiro atoms. The van der Waals surface area contributed by atoms with Crippen LogP contribution in [0, 0.1) is 6.92 Å². The molecule has 1 aromatic heterocycles. The number of sulfonamides is 2. The number of azo groups is 2. The molecule has 0 atom stereocenters. The monoisotopic (exact) mass is 828 g/mol. The second-order valence-electron chi connectivity index (χ2n) is 10.5. The summed E-state index contributed by atoms with van der Waals surface area (Å²) in [6.45, 7) is 1.53. The van der Waals surface area contributed by atoms with E-state index in [4.69, 9.17) is 21.9 Å². The molecule has 6 rings (SSSR count). The Balaban J connectivity index is 0.000000277. The van der Waals surface area contributed by atoms with E-state index in [2.05, 4.69) is 25.6 Å². The van der Waals surface area contributed by atoms with Crippen LogP contribution in [-0.4, -0.2) is 26.6 Å². The maximum atomic E-state index is 12.6. The zero-order chi connectivity index (χ0) is 37.1. The first-order chi connectivity index (χ1) is 24.0. The SMILES string of the molecule is Cc1nn(-c2cccc(S(N)(=O)=O)c2)c([O-])c1N=Nc1cc(Cl)ccc1[O-].NS(=O)(=O)c1ccc([O-])c(N=Nc2c([O-])ccc3ccccc23)c1.[Co].[Na+]. The van der Waals surface area contributed by atoms with Gasteiger partial charge in [-0.3, -0.25) is 0 Å². The van der Waals surface area contributed by atoms with Crippen molar-refractivity contribution < 1.29 is 83.6 Å². The number of hydrogen-bond donors (Lipinski definition) is 2. The molecule has 1 heterocycles. The van der Waals surface area contributed by atoms with Gasteiger partial charge in [-0.05, 0) is 54.8 Å². The van der Waals surface area contributed by atoms with Crippen LogP contribution in [0.4, 0.5) is 22.7 Å². The van der Waals surface area contributed by atoms with Crippen LogP contribution in [0.25, 0.3) is 16.5 Å². The summed E-state index contributed by atoms with van der Waals surface area (Å²) in [7, 11) is -7.91. The molecule has 271 valence electrons. The van der Waals surface area contributed by atoms with Crippen LogP contribution in [0.3, 0.4) is 0 Å². The van der Waals surface area contributed by atoms with Crippen molar-refractivity contribution in [2.24, 2.45) is 30.7 Å². The third-order valence-electron chi connectivity index (χ3n) is 6.94. The first-order valence-corrected chi connectivity index (χ1v) is 17.7. The number of hydrogen-bond acceptors (Lipinski definition) is 13. The van der Waals surface area contributed by atoms with Crippen LogP contribution in [0.2, 0.25) is 5.02 Å². The van der Waals surface area contributed by atoms with Crippen molar-refractivity contribution in [2.75, 3.05) is 0 Å². The Morgan fingerprint density at radius 1 is 0.660 bits per heavy atom. The summed E-state index contributed by atoms with van der Waals surface area (Å²) >= 11 is 5.82. The first-order valence-electron chi connectivity index (χ1n) is 14.3. The molecule has 4 N–H and O–H groups in total. The first kappa shape index (κ1) is 43.0. The number of halogens is 1. The number of nitrogens with two attached hydrogens (primary N) is 2. The van der Waals surface area contributed by atoms with Gasteiger partial charge >= 0.3 is 29.6 Å². The zero-order valence-electron chi connectivity index (χ0n) is 27.4. The molecule has 5 aromatic carbocycles. The number of nitrogens with zero attached hydrogens (tertiary/aromatic N) is 6. The Labute approximate surface area is 340 Å². The summed E-state index contributed by atoms with van der Waals surface area (Å²) in [5, 5.41) is 79.3. The summed E-state index contributed by atoms with van der Waals surface area (Å²) < 4.78 is 46.7. The molecular formula is C32H23ClCoN8NaO8S2-3. The van der Waals surface area contributed by atoms with Crippen molar-refractivity contribution in [1.82, 2.24) is 9.78 Å². The van der Waals surface area contributed by atoms with Crippen LogP contribution >= 0.6 is 11.6 Å². The van der Waals surface area contributed by atoms with E-state index in [0.29, 0.717) is 10.4 Å². The Kier molecular flexibility index (Phi) is 14.3. The minimum atomic E-state index is -3.97. The fourth-order valence-electron chi connectivity index (χ4n) is 4.45. The van der Waals surface area contributed by atoms with Crippen molar-refractivity contribution >= 4 is 65.2 Å². The molecule has 0 amide bonds. The molecule has 0 saturated carbocycles. The maximum absolute atomic E-state index is 12.6. The quantitative estimate of drug-likeness (QED) is 0.172. The Hall–Kier alpha value is -4.41. The van der Waals surface area contributed by atoms with Crippen molar-refractivity contribution in [3.8, 4) is 28.8 Å². The van der Waals surface area contributed by atoms with Crippen LogP contribution in [0.5, 0.6) is 23.1 Å². The molecule has 0 unspecified atom stereocenters. The van der Waals surface area contributed by atoms with E-state index in [9.17, 15) is 37.3 Å². The standard InChI is InChI=1S/C16H14ClN5O4S.C16H13N3O4S.Co.Na/c1-9-15(20-19-13-7-10(17)5-6-14(13)23)16(24)22(21-9)11-3-2-4-12(8-11)27(18,25)26;17-24(22,23)11-6-8-14(20)13(9-11)18-19-16-12-4-2-1-3-10(12)5-7-15(16)21;;/h2-8,23-24H,1H3,(H2,18,25,26);1-9,20-21H,(H2,17,22,23);;/q;;;+1/p-4. The topological polar surface area (TPSA) is 280 Å². The number of primary sulfonamides is 2. The summed E-state index contributed by atoms with van der Waals surface area (Å²) in [6, 6.07) is 22.7. The van der Waals surface area contributed by atoms with Crippen molar-refractivity contribution in [1.29, 1.82) is 0 Å². The molecule has 16 nitrogen and oxygen atoms in total. The molecule has 0 fully saturated rings. The number of aromatic nitrogens is 2. The van der Waals surface area contributed by atoms with Gasteiger partial charge in [-0.25, -0.2) is 31.8 Å². The second-order valence-corrected chi connectivity index (χ2v) is 14.1. The van der Waals surface area contributed by atoms with E-state index < -0.39 is 37.4 Å². The molecule has 6 aromatic rings. The zero-order valence-corrected chi connectivity index (χ0v) is 32.8. The fraction of sp³-hybridized carbons (Fsp3) is 0.0312. The van der Waals surface area contributed by atoms with Crippen LogP contribution in [0.1, 0.15) is 5.69 Å². The predicted molar refractivity (Wildman–Crippen MR) is 179 cm³/mol. The average molecular weight is 829 g/mol. The Morgan fingerprint density at radius 3 is 1.89 bits per heavy atom. The van der Waals surface area contributed by atoms with Gasteiger partial charge in [0.05, 0.1) is 38.2 Å². The van der Waals surface area contributed by atoms with Gasteiger partial charge in [0.2, 0.25) is 20.0 Å². The minimum Gasteiger partial charge on any atom is -0.871 e. The minimum absolute atomic E-state index is 0. The van der Waals surface area contributed by atoms with E-state index in [-0.39, 0.29) is 96.0 Å². The van der Waals surface area contributed by atoms with E-state index in [1.165, 1.54) is 55.5 Å². The molecule has 1 radical (unpaired) electrons. The van der Waals surface area contributed by atoms with E-state index >= 15 is 0 Å². The van der Waals surface area contributed by atoms with Gasteiger partial charge in [-0.2, -0.15) is 20.4 Å². The third kappa shape index (κ3) is 10.4. The summed E-state index contributed by atoms with van der Waals surface area (Å²) in [5.74, 6) is -1.91. The second kappa shape index (κ2) is 17.6. The average Bonchev–Trinajstić information content (AvgIpc) is 3.37. The molecule has 0 aliphatic heterocycles. The van der Waals surface area contributed by atoms with Gasteiger partial charge in [-0.1, -0.05) is 83.4 Å². The van der Waals surface area contributed by atoms with E-state index in [0.717, 1.165) is 28.3 Å². The van der Waals surface area contributed by atoms with Gasteiger partial charge in [0.25, 0.3) is 0 Å². The third-order valence-corrected chi connectivity index (χ3v) is 8.99.